The van der Waals surface area contributed by atoms with Crippen LogP contribution in [0.5, 0.6) is 0 Å². The fourth-order valence-corrected chi connectivity index (χ4v) is 3.01. The van der Waals surface area contributed by atoms with Gasteiger partial charge in [0.1, 0.15) is 5.69 Å². The van der Waals surface area contributed by atoms with E-state index in [2.05, 4.69) is 4.98 Å². The van der Waals surface area contributed by atoms with Gasteiger partial charge in [-0.05, 0) is 25.3 Å². The molecule has 0 atom stereocenters. The van der Waals surface area contributed by atoms with Gasteiger partial charge in [0.2, 0.25) is 0 Å². The average molecular weight is 299 g/mol. The lowest BCUT2D eigenvalue weighted by Crippen LogP contribution is -2.46. The second-order valence-electron chi connectivity index (χ2n) is 5.36. The molecule has 0 unspecified atom stereocenters. The van der Waals surface area contributed by atoms with Gasteiger partial charge in [0.05, 0.1) is 10.4 Å². The topological polar surface area (TPSA) is 73.4 Å². The first-order chi connectivity index (χ1) is 9.48. The molecule has 0 aliphatic carbocycles. The quantitative estimate of drug-likeness (QED) is 0.897. The molecule has 0 spiro atoms. The lowest BCUT2D eigenvalue weighted by Gasteiger charge is -2.38. The van der Waals surface area contributed by atoms with Crippen LogP contribution in [0.2, 0.25) is 5.02 Å². The third-order valence-corrected chi connectivity index (χ3v) is 4.29. The van der Waals surface area contributed by atoms with Crippen LogP contribution in [0.4, 0.5) is 0 Å². The smallest absolute Gasteiger partial charge is 0.309 e. The van der Waals surface area contributed by atoms with Crippen LogP contribution in [-0.4, -0.2) is 40.0 Å². The van der Waals surface area contributed by atoms with Gasteiger partial charge in [0.25, 0.3) is 5.91 Å². The second-order valence-corrected chi connectivity index (χ2v) is 5.80. The number of aromatic amines is 1. The molecule has 0 saturated carbocycles. The van der Waals surface area contributed by atoms with Crippen LogP contribution in [0.25, 0.3) is 0 Å². The van der Waals surface area contributed by atoms with Gasteiger partial charge in [-0.15, -0.1) is 0 Å². The van der Waals surface area contributed by atoms with E-state index in [1.165, 1.54) is 0 Å². The van der Waals surface area contributed by atoms with Gasteiger partial charge >= 0.3 is 5.97 Å². The Balaban J connectivity index is 2.03. The first kappa shape index (κ1) is 14.9. The fraction of sp³-hybridized carbons (Fsp3) is 0.571. The SMILES string of the molecule is CCCC1(C(=O)O)CCN(C(=O)c2cc(Cl)c[nH]2)CC1. The molecule has 1 aliphatic rings. The number of carboxylic acids is 1. The summed E-state index contributed by atoms with van der Waals surface area (Å²) < 4.78 is 0. The zero-order valence-electron chi connectivity index (χ0n) is 11.5. The minimum Gasteiger partial charge on any atom is -0.481 e. The summed E-state index contributed by atoms with van der Waals surface area (Å²) in [6.45, 7) is 2.94. The largest absolute Gasteiger partial charge is 0.481 e. The lowest BCUT2D eigenvalue weighted by atomic mass is 9.75. The Kier molecular flexibility index (Phi) is 4.38. The van der Waals surface area contributed by atoms with Crippen molar-refractivity contribution >= 4 is 23.5 Å². The number of likely N-dealkylation sites (tertiary alicyclic amines) is 1. The lowest BCUT2D eigenvalue weighted by molar-refractivity contribution is -0.152. The first-order valence-corrected chi connectivity index (χ1v) is 7.23. The van der Waals surface area contributed by atoms with Crippen LogP contribution >= 0.6 is 11.6 Å². The van der Waals surface area contributed by atoms with Gasteiger partial charge < -0.3 is 15.0 Å². The number of halogens is 1. The molecule has 2 N–H and O–H groups in total. The van der Waals surface area contributed by atoms with Gasteiger partial charge in [-0.1, -0.05) is 24.9 Å². The molecular weight excluding hydrogens is 280 g/mol. The molecule has 1 aromatic heterocycles. The molecule has 110 valence electrons. The Morgan fingerprint density at radius 1 is 1.45 bits per heavy atom. The highest BCUT2D eigenvalue weighted by Gasteiger charge is 2.41. The number of amides is 1. The molecule has 20 heavy (non-hydrogen) atoms. The monoisotopic (exact) mass is 298 g/mol. The Bertz CT molecular complexity index is 504. The Morgan fingerprint density at radius 3 is 2.55 bits per heavy atom. The van der Waals surface area contributed by atoms with E-state index in [9.17, 15) is 14.7 Å². The van der Waals surface area contributed by atoms with E-state index in [0.29, 0.717) is 43.1 Å². The number of aliphatic carboxylic acids is 1. The summed E-state index contributed by atoms with van der Waals surface area (Å²) in [6.07, 6.45) is 4.09. The number of nitrogens with one attached hydrogen (secondary N) is 1. The van der Waals surface area contributed by atoms with E-state index in [4.69, 9.17) is 11.6 Å². The standard InChI is InChI=1S/C14H19ClN2O3/c1-2-3-14(13(19)20)4-6-17(7-5-14)12(18)11-8-10(15)9-16-11/h8-9,16H,2-7H2,1H3,(H,19,20). The second kappa shape index (κ2) is 5.87. The zero-order valence-corrected chi connectivity index (χ0v) is 12.2. The summed E-state index contributed by atoms with van der Waals surface area (Å²) in [5, 5.41) is 9.93. The van der Waals surface area contributed by atoms with E-state index < -0.39 is 11.4 Å². The minimum atomic E-state index is -0.741. The van der Waals surface area contributed by atoms with E-state index in [1.807, 2.05) is 6.92 Å². The zero-order chi connectivity index (χ0) is 14.8. The molecule has 0 radical (unpaired) electrons. The minimum absolute atomic E-state index is 0.118. The number of aromatic nitrogens is 1. The van der Waals surface area contributed by atoms with Crippen LogP contribution in [-0.2, 0) is 4.79 Å². The van der Waals surface area contributed by atoms with Gasteiger partial charge in [0.15, 0.2) is 0 Å². The molecule has 5 nitrogen and oxygen atoms in total. The summed E-state index contributed by atoms with van der Waals surface area (Å²) in [7, 11) is 0. The van der Waals surface area contributed by atoms with Crippen LogP contribution in [0, 0.1) is 5.41 Å². The number of rotatable bonds is 4. The number of carbonyl (C=O) groups excluding carboxylic acids is 1. The van der Waals surface area contributed by atoms with Crippen LogP contribution in [0.1, 0.15) is 43.1 Å². The number of nitrogens with zero attached hydrogens (tertiary/aromatic N) is 1. The predicted octanol–water partition coefficient (Wildman–Crippen LogP) is 2.78. The van der Waals surface area contributed by atoms with Crippen molar-refractivity contribution in [1.29, 1.82) is 0 Å². The maximum absolute atomic E-state index is 12.2. The van der Waals surface area contributed by atoms with E-state index >= 15 is 0 Å². The van der Waals surface area contributed by atoms with Gasteiger partial charge in [-0.2, -0.15) is 0 Å². The fourth-order valence-electron chi connectivity index (χ4n) is 2.85. The summed E-state index contributed by atoms with van der Waals surface area (Å²) in [5.74, 6) is -0.859. The Morgan fingerprint density at radius 2 is 2.10 bits per heavy atom. The summed E-state index contributed by atoms with van der Waals surface area (Å²) >= 11 is 5.79. The molecule has 6 heteroatoms. The molecule has 1 aliphatic heterocycles. The highest BCUT2D eigenvalue weighted by molar-refractivity contribution is 6.30. The maximum atomic E-state index is 12.2. The molecule has 0 bridgehead atoms. The first-order valence-electron chi connectivity index (χ1n) is 6.85. The van der Waals surface area contributed by atoms with Crippen molar-refractivity contribution in [3.8, 4) is 0 Å². The molecular formula is C14H19ClN2O3. The summed E-state index contributed by atoms with van der Waals surface area (Å²) in [6, 6.07) is 1.59. The highest BCUT2D eigenvalue weighted by atomic mass is 35.5. The molecule has 1 aromatic rings. The maximum Gasteiger partial charge on any atom is 0.309 e. The number of H-pyrrole nitrogens is 1. The van der Waals surface area contributed by atoms with Crippen LogP contribution in [0.3, 0.4) is 0 Å². The Labute approximate surface area is 122 Å². The number of carboxylic acid groups (broad SMARTS) is 1. The number of hydrogen-bond acceptors (Lipinski definition) is 2. The van der Waals surface area contributed by atoms with Crippen LogP contribution < -0.4 is 0 Å². The number of piperidine rings is 1. The summed E-state index contributed by atoms with van der Waals surface area (Å²) in [5.41, 5.74) is -0.216. The van der Waals surface area contributed by atoms with Crippen molar-refractivity contribution in [2.45, 2.75) is 32.6 Å². The average Bonchev–Trinajstić information content (AvgIpc) is 2.85. The molecule has 1 saturated heterocycles. The van der Waals surface area contributed by atoms with Gasteiger partial charge in [-0.3, -0.25) is 9.59 Å². The van der Waals surface area contributed by atoms with E-state index in [1.54, 1.807) is 17.2 Å². The predicted molar refractivity (Wildman–Crippen MR) is 75.9 cm³/mol. The van der Waals surface area contributed by atoms with Crippen molar-refractivity contribution < 1.29 is 14.7 Å². The van der Waals surface area contributed by atoms with E-state index in [-0.39, 0.29) is 5.91 Å². The molecule has 2 heterocycles. The van der Waals surface area contributed by atoms with Gasteiger partial charge in [0, 0.05) is 19.3 Å². The van der Waals surface area contributed by atoms with Crippen molar-refractivity contribution in [2.75, 3.05) is 13.1 Å². The molecule has 1 amide bonds. The third-order valence-electron chi connectivity index (χ3n) is 4.07. The molecule has 1 fully saturated rings. The summed E-state index contributed by atoms with van der Waals surface area (Å²) in [4.78, 5) is 28.3. The number of hydrogen-bond donors (Lipinski definition) is 2. The van der Waals surface area contributed by atoms with Crippen molar-refractivity contribution in [3.63, 3.8) is 0 Å². The molecule has 2 rings (SSSR count). The third kappa shape index (κ3) is 2.82. The van der Waals surface area contributed by atoms with Crippen molar-refractivity contribution in [3.05, 3.63) is 23.0 Å². The van der Waals surface area contributed by atoms with Gasteiger partial charge in [-0.25, -0.2) is 0 Å². The van der Waals surface area contributed by atoms with E-state index in [0.717, 1.165) is 6.42 Å². The van der Waals surface area contributed by atoms with Crippen molar-refractivity contribution in [1.82, 2.24) is 9.88 Å². The van der Waals surface area contributed by atoms with Crippen LogP contribution in [0.15, 0.2) is 12.3 Å². The molecule has 0 aromatic carbocycles. The van der Waals surface area contributed by atoms with Crippen molar-refractivity contribution in [2.24, 2.45) is 5.41 Å². The number of carbonyl (C=O) groups is 2. The normalized spacial score (nSPS) is 18.0. The Hall–Kier alpha value is -1.49. The highest BCUT2D eigenvalue weighted by Crippen LogP contribution is 2.36.